The Labute approximate surface area is 202 Å². The lowest BCUT2D eigenvalue weighted by molar-refractivity contribution is -0.0494. The quantitative estimate of drug-likeness (QED) is 0.538. The minimum Gasteiger partial charge on any atom is -0.431 e. The highest BCUT2D eigenvalue weighted by atomic mass is 19.3. The van der Waals surface area contributed by atoms with Gasteiger partial charge in [-0.3, -0.25) is 4.90 Å². The van der Waals surface area contributed by atoms with Crippen LogP contribution in [0.3, 0.4) is 0 Å². The lowest BCUT2D eigenvalue weighted by atomic mass is 9.76. The van der Waals surface area contributed by atoms with Gasteiger partial charge in [-0.2, -0.15) is 8.78 Å². The van der Waals surface area contributed by atoms with Gasteiger partial charge in [0.25, 0.3) is 0 Å². The van der Waals surface area contributed by atoms with E-state index >= 15 is 0 Å². The Morgan fingerprint density at radius 3 is 2.69 bits per heavy atom. The molecule has 3 fully saturated rings. The standard InChI is InChI=1S/C24H31F3N6O2/c1-2-4-32(5-3-25)24-30-19(14-6-16(7-14)33-12-18-9-17(33)13-34-18)10-20(31-24)15-8-21(35-23(26)27)22(28)29-11-15/h8,10-11,14,16-18,23H,2-7,9,12-13H2,1H3,(H2,28,29)/t14?,16?,17-,18-/m0/s1. The first-order chi connectivity index (χ1) is 16.9. The maximum atomic E-state index is 13.3. The van der Waals surface area contributed by atoms with Crippen molar-refractivity contribution >= 4 is 11.8 Å². The summed E-state index contributed by atoms with van der Waals surface area (Å²) in [6.07, 6.45) is 5.73. The number of morpholine rings is 1. The summed E-state index contributed by atoms with van der Waals surface area (Å²) < 4.78 is 49.2. The van der Waals surface area contributed by atoms with Crippen molar-refractivity contribution in [3.63, 3.8) is 0 Å². The van der Waals surface area contributed by atoms with Crippen LogP contribution in [0.2, 0.25) is 0 Å². The average Bonchev–Trinajstić information content (AvgIpc) is 3.43. The summed E-state index contributed by atoms with van der Waals surface area (Å²) in [4.78, 5) is 17.9. The van der Waals surface area contributed by atoms with Gasteiger partial charge in [0.05, 0.1) is 18.4 Å². The molecule has 2 aliphatic heterocycles. The number of pyridine rings is 1. The van der Waals surface area contributed by atoms with E-state index in [0.717, 1.165) is 44.5 Å². The van der Waals surface area contributed by atoms with Crippen LogP contribution in [0.5, 0.6) is 5.75 Å². The van der Waals surface area contributed by atoms with Gasteiger partial charge < -0.3 is 20.1 Å². The summed E-state index contributed by atoms with van der Waals surface area (Å²) in [6.45, 7) is 1.07. The van der Waals surface area contributed by atoms with E-state index in [1.807, 2.05) is 17.9 Å². The fourth-order valence-corrected chi connectivity index (χ4v) is 5.40. The Morgan fingerprint density at radius 1 is 1.20 bits per heavy atom. The number of nitrogens with two attached hydrogens (primary N) is 1. The normalized spacial score (nSPS) is 25.7. The first-order valence-corrected chi connectivity index (χ1v) is 12.2. The molecule has 0 spiro atoms. The third kappa shape index (κ3) is 5.02. The van der Waals surface area contributed by atoms with Crippen molar-refractivity contribution in [2.75, 3.05) is 43.5 Å². The van der Waals surface area contributed by atoms with Crippen LogP contribution >= 0.6 is 0 Å². The molecule has 2 aromatic rings. The Bertz CT molecular complexity index is 1030. The summed E-state index contributed by atoms with van der Waals surface area (Å²) in [5, 5.41) is 0. The molecule has 2 aromatic heterocycles. The van der Waals surface area contributed by atoms with E-state index in [-0.39, 0.29) is 24.0 Å². The van der Waals surface area contributed by atoms with E-state index in [1.54, 1.807) is 0 Å². The topological polar surface area (TPSA) is 89.6 Å². The monoisotopic (exact) mass is 492 g/mol. The molecule has 5 rings (SSSR count). The van der Waals surface area contributed by atoms with Gasteiger partial charge >= 0.3 is 6.61 Å². The largest absolute Gasteiger partial charge is 0.431 e. The second-order valence-electron chi connectivity index (χ2n) is 9.50. The van der Waals surface area contributed by atoms with Crippen molar-refractivity contribution in [2.24, 2.45) is 0 Å². The molecule has 2 saturated heterocycles. The predicted octanol–water partition coefficient (Wildman–Crippen LogP) is 3.63. The predicted molar refractivity (Wildman–Crippen MR) is 125 cm³/mol. The van der Waals surface area contributed by atoms with E-state index in [1.165, 1.54) is 12.3 Å². The average molecular weight is 493 g/mol. The highest BCUT2D eigenvalue weighted by Crippen LogP contribution is 2.44. The Balaban J connectivity index is 1.43. The number of alkyl halides is 3. The second kappa shape index (κ2) is 10.1. The first-order valence-electron chi connectivity index (χ1n) is 12.2. The number of hydrogen-bond acceptors (Lipinski definition) is 8. The van der Waals surface area contributed by atoms with Gasteiger partial charge in [0.1, 0.15) is 6.67 Å². The van der Waals surface area contributed by atoms with Crippen LogP contribution in [0.15, 0.2) is 18.3 Å². The highest BCUT2D eigenvalue weighted by molar-refractivity contribution is 5.65. The van der Waals surface area contributed by atoms with Crippen LogP contribution in [-0.4, -0.2) is 77.6 Å². The third-order valence-electron chi connectivity index (χ3n) is 7.20. The molecule has 35 heavy (non-hydrogen) atoms. The van der Waals surface area contributed by atoms with Crippen molar-refractivity contribution in [1.82, 2.24) is 19.9 Å². The number of anilines is 2. The molecular formula is C24H31F3N6O2. The third-order valence-corrected chi connectivity index (χ3v) is 7.20. The van der Waals surface area contributed by atoms with Crippen LogP contribution in [0.25, 0.3) is 11.3 Å². The van der Waals surface area contributed by atoms with E-state index in [2.05, 4.69) is 19.6 Å². The Hall–Kier alpha value is -2.66. The minimum atomic E-state index is -3.02. The summed E-state index contributed by atoms with van der Waals surface area (Å²) in [5.74, 6) is 0.345. The summed E-state index contributed by atoms with van der Waals surface area (Å²) in [6, 6.07) is 4.31. The molecule has 2 atom stereocenters. The minimum absolute atomic E-state index is 0.126. The van der Waals surface area contributed by atoms with Gasteiger partial charge in [-0.25, -0.2) is 19.3 Å². The molecule has 11 heteroatoms. The van der Waals surface area contributed by atoms with Gasteiger partial charge in [-0.05, 0) is 37.8 Å². The smallest absolute Gasteiger partial charge is 0.387 e. The fraction of sp³-hybridized carbons (Fsp3) is 0.625. The highest BCUT2D eigenvalue weighted by Gasteiger charge is 2.46. The number of halogens is 3. The molecule has 1 saturated carbocycles. The molecule has 0 amide bonds. The van der Waals surface area contributed by atoms with Crippen molar-refractivity contribution in [2.45, 2.75) is 63.3 Å². The van der Waals surface area contributed by atoms with Crippen LogP contribution < -0.4 is 15.4 Å². The molecule has 3 aliphatic rings. The molecule has 190 valence electrons. The number of ether oxygens (including phenoxy) is 2. The number of hydrogen-bond donors (Lipinski definition) is 1. The summed E-state index contributed by atoms with van der Waals surface area (Å²) >= 11 is 0. The van der Waals surface area contributed by atoms with Gasteiger partial charge in [0, 0.05) is 55.1 Å². The SMILES string of the molecule is CCCN(CCF)c1nc(-c2cnc(N)c(OC(F)F)c2)cc(C2CC(N3C[C@@H]4C[C@H]3CO4)C2)n1. The number of nitrogen functional groups attached to an aromatic ring is 1. The van der Waals surface area contributed by atoms with Crippen LogP contribution in [0.4, 0.5) is 24.9 Å². The molecule has 2 bridgehead atoms. The number of fused-ring (bicyclic) bond motifs is 2. The molecule has 0 aromatic carbocycles. The molecule has 1 aliphatic carbocycles. The fourth-order valence-electron chi connectivity index (χ4n) is 5.40. The maximum Gasteiger partial charge on any atom is 0.387 e. The lowest BCUT2D eigenvalue weighted by Crippen LogP contribution is -2.49. The molecule has 2 N–H and O–H groups in total. The Kier molecular flexibility index (Phi) is 6.97. The van der Waals surface area contributed by atoms with Crippen molar-refractivity contribution in [3.05, 3.63) is 24.0 Å². The summed E-state index contributed by atoms with van der Waals surface area (Å²) in [5.41, 5.74) is 7.60. The van der Waals surface area contributed by atoms with E-state index in [4.69, 9.17) is 15.5 Å². The van der Waals surface area contributed by atoms with Crippen molar-refractivity contribution < 1.29 is 22.6 Å². The maximum absolute atomic E-state index is 13.3. The Morgan fingerprint density at radius 2 is 2.03 bits per heavy atom. The zero-order valence-corrected chi connectivity index (χ0v) is 19.7. The van der Waals surface area contributed by atoms with Gasteiger partial charge in [-0.15, -0.1) is 0 Å². The van der Waals surface area contributed by atoms with Gasteiger partial charge in [0.2, 0.25) is 5.95 Å². The molecular weight excluding hydrogens is 461 g/mol. The zero-order chi connectivity index (χ0) is 24.5. The lowest BCUT2D eigenvalue weighted by Gasteiger charge is -2.44. The molecule has 4 heterocycles. The molecule has 0 unspecified atom stereocenters. The number of rotatable bonds is 10. The van der Waals surface area contributed by atoms with Gasteiger partial charge in [0.15, 0.2) is 11.6 Å². The second-order valence-corrected chi connectivity index (χ2v) is 9.50. The van der Waals surface area contributed by atoms with Crippen LogP contribution in [0, 0.1) is 0 Å². The zero-order valence-electron chi connectivity index (χ0n) is 19.7. The number of aromatic nitrogens is 3. The van der Waals surface area contributed by atoms with Crippen molar-refractivity contribution in [3.8, 4) is 17.0 Å². The van der Waals surface area contributed by atoms with Gasteiger partial charge in [-0.1, -0.05) is 6.92 Å². The van der Waals surface area contributed by atoms with Crippen LogP contribution in [0.1, 0.15) is 44.2 Å². The van der Waals surface area contributed by atoms with Crippen LogP contribution in [-0.2, 0) is 4.74 Å². The number of nitrogens with zero attached hydrogens (tertiary/aromatic N) is 5. The summed E-state index contributed by atoms with van der Waals surface area (Å²) in [7, 11) is 0. The first kappa shape index (κ1) is 24.1. The van der Waals surface area contributed by atoms with E-state index in [0.29, 0.717) is 41.9 Å². The number of likely N-dealkylation sites (tertiary alicyclic amines) is 1. The van der Waals surface area contributed by atoms with E-state index < -0.39 is 13.3 Å². The molecule has 8 nitrogen and oxygen atoms in total. The molecule has 0 radical (unpaired) electrons. The van der Waals surface area contributed by atoms with Crippen molar-refractivity contribution in [1.29, 1.82) is 0 Å². The van der Waals surface area contributed by atoms with E-state index in [9.17, 15) is 13.2 Å².